The fourth-order valence-electron chi connectivity index (χ4n) is 10.1. The number of primary amides is 1. The van der Waals surface area contributed by atoms with Crippen LogP contribution in [0.5, 0.6) is 5.75 Å². The Balaban J connectivity index is 1.48. The molecule has 0 aromatic heterocycles. The van der Waals surface area contributed by atoms with E-state index < -0.39 is 127 Å². The molecule has 2 aromatic carbocycles. The van der Waals surface area contributed by atoms with E-state index in [1.165, 1.54) is 44.4 Å². The molecule has 76 heavy (non-hydrogen) atoms. The highest BCUT2D eigenvalue weighted by molar-refractivity contribution is 5.93. The Morgan fingerprint density at radius 2 is 1.54 bits per heavy atom. The average Bonchev–Trinajstić information content (AvgIpc) is 3.86. The number of methoxy groups -OCH3 is 2. The number of rotatable bonds is 27. The molecule has 0 spiro atoms. The summed E-state index contributed by atoms with van der Waals surface area (Å²) in [6.45, 7) is 12.4. The van der Waals surface area contributed by atoms with Crippen LogP contribution >= 0.6 is 0 Å². The Hall–Kier alpha value is -6.36. The minimum Gasteiger partial charge on any atom is -0.480 e. The molecule has 12 atom stereocenters. The molecule has 0 saturated carbocycles. The molecule has 2 aliphatic heterocycles. The van der Waals surface area contributed by atoms with Crippen molar-refractivity contribution in [2.45, 2.75) is 161 Å². The molecule has 2 aromatic rings. The fourth-order valence-corrected chi connectivity index (χ4v) is 10.1. The van der Waals surface area contributed by atoms with Gasteiger partial charge in [0, 0.05) is 65.2 Å². The third-order valence-corrected chi connectivity index (χ3v) is 14.5. The minimum absolute atomic E-state index is 0.0472. The number of carboxylic acids is 2. The lowest BCUT2D eigenvalue weighted by atomic mass is 9.89. The van der Waals surface area contributed by atoms with E-state index >= 15 is 0 Å². The molecule has 0 bridgehead atoms. The van der Waals surface area contributed by atoms with Crippen LogP contribution in [0, 0.1) is 23.7 Å². The molecule has 22 nitrogen and oxygen atoms in total. The van der Waals surface area contributed by atoms with Gasteiger partial charge in [-0.15, -0.1) is 0 Å². The minimum atomic E-state index is -1.34. The molecule has 4 rings (SSSR count). The third kappa shape index (κ3) is 16.3. The number of hydrogen-bond acceptors (Lipinski definition) is 14. The third-order valence-electron chi connectivity index (χ3n) is 14.5. The van der Waals surface area contributed by atoms with Crippen LogP contribution in [0.15, 0.2) is 48.5 Å². The van der Waals surface area contributed by atoms with Gasteiger partial charge in [-0.2, -0.15) is 0 Å². The van der Waals surface area contributed by atoms with Crippen molar-refractivity contribution >= 4 is 47.6 Å². The van der Waals surface area contributed by atoms with Gasteiger partial charge in [-0.25, -0.2) is 14.4 Å². The topological polar surface area (TPSA) is 303 Å². The summed E-state index contributed by atoms with van der Waals surface area (Å²) in [7, 11) is 5.88. The standard InChI is InChI=1S/C54H80N6O16/c1-12-31(6)46(40(72-10)27-42(62)60-22-16-19-38(60)47(73-11)32(7)49(64)56-37(52(67)68)23-33-17-14-13-15-18-33)58(8)51(66)44(29(2)3)57-50(65)45(30(4)5)59(9)54(71)74-28-35-24-34(48(55)63)20-21-39(35)75-43-26-36(61)25-41(76-43)53(69)70/h13-15,17-18,20-21,24,29-32,36-38,40-41,43-47,61H,12,16,19,22-23,25-28H2,1-11H3,(H2,55,63)(H,56,64)(H,57,65)(H,67,68)(H,69,70)/t31?,32-,36?,37?,38+,40-,41+,43-,44+,45?,46+,47?/m1/s1. The molecule has 0 radical (unpaired) electrons. The molecule has 7 N–H and O–H groups in total. The van der Waals surface area contributed by atoms with Gasteiger partial charge >= 0.3 is 18.0 Å². The van der Waals surface area contributed by atoms with Crippen LogP contribution < -0.4 is 21.1 Å². The van der Waals surface area contributed by atoms with Crippen molar-refractivity contribution in [3.8, 4) is 5.75 Å². The van der Waals surface area contributed by atoms with Crippen molar-refractivity contribution in [3.63, 3.8) is 0 Å². The molecule has 2 saturated heterocycles. The zero-order valence-electron chi connectivity index (χ0n) is 45.6. The fraction of sp³-hybridized carbons (Fsp3) is 0.630. The Bertz CT molecular complexity index is 2320. The van der Waals surface area contributed by atoms with Crippen LogP contribution in [0.4, 0.5) is 4.79 Å². The number of aliphatic hydroxyl groups excluding tert-OH is 1. The lowest BCUT2D eigenvalue weighted by Crippen LogP contribution is -2.60. The Kier molecular flexibility index (Phi) is 23.5. The van der Waals surface area contributed by atoms with Gasteiger partial charge in [0.2, 0.25) is 35.8 Å². The van der Waals surface area contributed by atoms with E-state index in [4.69, 9.17) is 29.4 Å². The van der Waals surface area contributed by atoms with E-state index in [1.807, 2.05) is 19.9 Å². The van der Waals surface area contributed by atoms with Crippen molar-refractivity contribution in [1.29, 1.82) is 0 Å². The molecule has 6 amide bonds. The first-order valence-corrected chi connectivity index (χ1v) is 25.9. The van der Waals surface area contributed by atoms with Crippen molar-refractivity contribution in [3.05, 3.63) is 65.2 Å². The van der Waals surface area contributed by atoms with E-state index in [2.05, 4.69) is 10.6 Å². The van der Waals surface area contributed by atoms with E-state index in [9.17, 15) is 53.7 Å². The maximum atomic E-state index is 14.7. The quantitative estimate of drug-likeness (QED) is 0.0745. The van der Waals surface area contributed by atoms with Crippen LogP contribution in [0.3, 0.4) is 0 Å². The maximum absolute atomic E-state index is 14.7. The summed E-state index contributed by atoms with van der Waals surface area (Å²) < 4.78 is 29.0. The number of likely N-dealkylation sites (N-methyl/N-ethyl adjacent to an activating group) is 2. The average molecular weight is 1070 g/mol. The number of hydrogen-bond donors (Lipinski definition) is 6. The SMILES string of the molecule is CCC(C)[C@@H]([C@@H](CC(=O)N1CCC[C@H]1C(OC)[C@@H](C)C(=O)NC(Cc1ccccc1)C(=O)O)OC)N(C)C(=O)[C@@H](NC(=O)C(C(C)C)N(C)C(=O)OCc1cc(C(N)=O)ccc1O[C@H]1CC(O)C[C@@H](C(=O)O)O1)C(C)C. The number of aliphatic hydroxyl groups is 1. The predicted octanol–water partition coefficient (Wildman–Crippen LogP) is 3.58. The summed E-state index contributed by atoms with van der Waals surface area (Å²) in [5.74, 6) is -7.15. The Morgan fingerprint density at radius 3 is 2.11 bits per heavy atom. The van der Waals surface area contributed by atoms with Gasteiger partial charge in [0.15, 0.2) is 6.10 Å². The van der Waals surface area contributed by atoms with E-state index in [1.54, 1.807) is 70.8 Å². The molecule has 2 heterocycles. The Morgan fingerprint density at radius 1 is 0.868 bits per heavy atom. The van der Waals surface area contributed by atoms with E-state index in [0.717, 1.165) is 10.5 Å². The smallest absolute Gasteiger partial charge is 0.410 e. The summed E-state index contributed by atoms with van der Waals surface area (Å²) >= 11 is 0. The molecular weight excluding hydrogens is 989 g/mol. The van der Waals surface area contributed by atoms with Crippen LogP contribution in [0.25, 0.3) is 0 Å². The summed E-state index contributed by atoms with van der Waals surface area (Å²) in [5.41, 5.74) is 6.47. The highest BCUT2D eigenvalue weighted by Gasteiger charge is 2.44. The number of carbonyl (C=O) groups excluding carboxylic acids is 6. The number of carbonyl (C=O) groups is 8. The summed E-state index contributed by atoms with van der Waals surface area (Å²) in [6, 6.07) is 8.37. The van der Waals surface area contributed by atoms with Gasteiger partial charge in [0.1, 0.15) is 30.5 Å². The molecular formula is C54H80N6O16. The first-order chi connectivity index (χ1) is 35.8. The van der Waals surface area contributed by atoms with E-state index in [-0.39, 0.29) is 54.4 Å². The summed E-state index contributed by atoms with van der Waals surface area (Å²) in [5, 5.41) is 35.3. The van der Waals surface area contributed by atoms with E-state index in [0.29, 0.717) is 25.8 Å². The van der Waals surface area contributed by atoms with Crippen LogP contribution in [0.2, 0.25) is 0 Å². The lowest BCUT2D eigenvalue weighted by Gasteiger charge is -2.41. The Labute approximate surface area is 445 Å². The second-order valence-corrected chi connectivity index (χ2v) is 20.6. The number of nitrogens with one attached hydrogen (secondary N) is 2. The number of ether oxygens (including phenoxy) is 5. The number of carboxylic acid groups (broad SMARTS) is 2. The largest absolute Gasteiger partial charge is 0.480 e. The molecule has 2 aliphatic rings. The highest BCUT2D eigenvalue weighted by Crippen LogP contribution is 2.31. The van der Waals surface area contributed by atoms with Crippen LogP contribution in [0.1, 0.15) is 108 Å². The summed E-state index contributed by atoms with van der Waals surface area (Å²) in [4.78, 5) is 111. The number of nitrogens with zero attached hydrogens (tertiary/aromatic N) is 3. The van der Waals surface area contributed by atoms with Gasteiger partial charge in [0.25, 0.3) is 0 Å². The predicted molar refractivity (Wildman–Crippen MR) is 276 cm³/mol. The molecule has 422 valence electrons. The maximum Gasteiger partial charge on any atom is 0.410 e. The monoisotopic (exact) mass is 1070 g/mol. The first-order valence-electron chi connectivity index (χ1n) is 25.9. The number of likely N-dealkylation sites (tertiary alicyclic amines) is 1. The van der Waals surface area contributed by atoms with Crippen molar-refractivity contribution in [1.82, 2.24) is 25.3 Å². The summed E-state index contributed by atoms with van der Waals surface area (Å²) in [6.07, 6.45) is -4.64. The zero-order chi connectivity index (χ0) is 56.7. The molecule has 2 fully saturated rings. The number of amides is 6. The molecule has 5 unspecified atom stereocenters. The normalized spacial score (nSPS) is 20.7. The van der Waals surface area contributed by atoms with Gasteiger partial charge in [-0.1, -0.05) is 85.2 Å². The van der Waals surface area contributed by atoms with Crippen molar-refractivity contribution < 1.29 is 77.4 Å². The van der Waals surface area contributed by atoms with Gasteiger partial charge in [-0.05, 0) is 54.4 Å². The molecule has 22 heteroatoms. The van der Waals surface area contributed by atoms with Gasteiger partial charge in [-0.3, -0.25) is 28.9 Å². The van der Waals surface area contributed by atoms with Gasteiger partial charge < -0.3 is 65.2 Å². The number of benzene rings is 2. The molecule has 0 aliphatic carbocycles. The second kappa shape index (κ2) is 28.7. The number of aliphatic carboxylic acids is 2. The lowest BCUT2D eigenvalue weighted by molar-refractivity contribution is -0.195. The van der Waals surface area contributed by atoms with Crippen molar-refractivity contribution in [2.75, 3.05) is 34.9 Å². The highest BCUT2D eigenvalue weighted by atomic mass is 16.7. The second-order valence-electron chi connectivity index (χ2n) is 20.6. The van der Waals surface area contributed by atoms with Crippen LogP contribution in [-0.2, 0) is 60.7 Å². The van der Waals surface area contributed by atoms with Crippen molar-refractivity contribution in [2.24, 2.45) is 29.4 Å². The van der Waals surface area contributed by atoms with Gasteiger partial charge in [0.05, 0.1) is 42.7 Å². The first kappa shape index (κ1) is 62.2. The number of nitrogens with two attached hydrogens (primary N) is 1. The van der Waals surface area contributed by atoms with Crippen LogP contribution in [-0.4, -0.2) is 173 Å². The zero-order valence-corrected chi connectivity index (χ0v) is 45.6.